The minimum Gasteiger partial charge on any atom is -0.327 e. The van der Waals surface area contributed by atoms with E-state index in [1.165, 1.54) is 0 Å². The van der Waals surface area contributed by atoms with Gasteiger partial charge < -0.3 is 5.73 Å². The third-order valence-corrected chi connectivity index (χ3v) is 2.87. The van der Waals surface area contributed by atoms with Gasteiger partial charge in [0.15, 0.2) is 0 Å². The number of alkyl halides is 3. The molecule has 0 spiro atoms. The van der Waals surface area contributed by atoms with Crippen molar-refractivity contribution in [2.24, 2.45) is 11.7 Å². The van der Waals surface area contributed by atoms with Gasteiger partial charge in [0.2, 0.25) is 0 Å². The molecule has 1 unspecified atom stereocenters. The zero-order valence-electron chi connectivity index (χ0n) is 11.3. The maximum Gasteiger partial charge on any atom is 0.416 e. The van der Waals surface area contributed by atoms with Gasteiger partial charge in [-0.15, -0.1) is 0 Å². The number of benzene rings is 1. The number of nitrogens with two attached hydrogens (primary N) is 1. The maximum atomic E-state index is 12.9. The first-order valence-electron chi connectivity index (χ1n) is 6.21. The molecule has 20 heavy (non-hydrogen) atoms. The van der Waals surface area contributed by atoms with Crippen molar-refractivity contribution in [2.75, 3.05) is 0 Å². The maximum absolute atomic E-state index is 12.9. The summed E-state index contributed by atoms with van der Waals surface area (Å²) in [6.45, 7) is 3.86. The third-order valence-electron chi connectivity index (χ3n) is 2.87. The lowest BCUT2D eigenvalue weighted by Gasteiger charge is -2.17. The van der Waals surface area contributed by atoms with Crippen LogP contribution >= 0.6 is 0 Å². The van der Waals surface area contributed by atoms with Gasteiger partial charge in [0.25, 0.3) is 5.69 Å². The molecule has 1 aromatic carbocycles. The first-order chi connectivity index (χ1) is 9.11. The molecule has 0 radical (unpaired) electrons. The minimum atomic E-state index is -4.63. The summed E-state index contributed by atoms with van der Waals surface area (Å²) in [7, 11) is 0. The summed E-state index contributed by atoms with van der Waals surface area (Å²) in [5.74, 6) is 0.275. The van der Waals surface area contributed by atoms with Gasteiger partial charge in [-0.05, 0) is 24.3 Å². The fraction of sp³-hybridized carbons (Fsp3) is 0.538. The molecule has 7 heteroatoms. The first kappa shape index (κ1) is 16.4. The molecule has 0 fully saturated rings. The molecule has 1 atom stereocenters. The Hall–Kier alpha value is -1.63. The molecule has 0 heterocycles. The van der Waals surface area contributed by atoms with Gasteiger partial charge in [-0.25, -0.2) is 0 Å². The lowest BCUT2D eigenvalue weighted by molar-refractivity contribution is -0.385. The van der Waals surface area contributed by atoms with Crippen LogP contribution in [0.2, 0.25) is 0 Å². The standard InChI is InChI=1S/C13H17F3N2O2/c1-8(2)5-10(17)6-9-3-4-11(18(19)20)7-12(9)13(14,15)16/h3-4,7-8,10H,5-6,17H2,1-2H3. The largest absolute Gasteiger partial charge is 0.416 e. The van der Waals surface area contributed by atoms with Crippen LogP contribution in [-0.4, -0.2) is 11.0 Å². The Bertz CT molecular complexity index is 487. The van der Waals surface area contributed by atoms with E-state index in [0.717, 1.165) is 12.1 Å². The van der Waals surface area contributed by atoms with Gasteiger partial charge in [0, 0.05) is 18.2 Å². The molecule has 2 N–H and O–H groups in total. The van der Waals surface area contributed by atoms with Gasteiger partial charge in [0.1, 0.15) is 0 Å². The highest BCUT2D eigenvalue weighted by Crippen LogP contribution is 2.35. The van der Waals surface area contributed by atoms with E-state index in [2.05, 4.69) is 0 Å². The third kappa shape index (κ3) is 4.48. The van der Waals surface area contributed by atoms with Crippen LogP contribution in [0.25, 0.3) is 0 Å². The molecule has 1 rings (SSSR count). The molecule has 0 bridgehead atoms. The molecule has 0 aliphatic carbocycles. The summed E-state index contributed by atoms with van der Waals surface area (Å²) in [6, 6.07) is 2.38. The zero-order chi connectivity index (χ0) is 15.5. The molecular formula is C13H17F3N2O2. The number of hydrogen-bond acceptors (Lipinski definition) is 3. The lowest BCUT2D eigenvalue weighted by atomic mass is 9.94. The van der Waals surface area contributed by atoms with E-state index in [0.29, 0.717) is 12.5 Å². The number of hydrogen-bond donors (Lipinski definition) is 1. The average Bonchev–Trinajstić information content (AvgIpc) is 2.26. The second-order valence-electron chi connectivity index (χ2n) is 5.19. The number of halogens is 3. The Balaban J connectivity index is 3.09. The van der Waals surface area contributed by atoms with Crippen molar-refractivity contribution >= 4 is 5.69 Å². The van der Waals surface area contributed by atoms with Crippen molar-refractivity contribution in [3.05, 3.63) is 39.4 Å². The summed E-state index contributed by atoms with van der Waals surface area (Å²) in [5.41, 5.74) is 4.26. The number of nitrogens with zero attached hydrogens (tertiary/aromatic N) is 1. The molecular weight excluding hydrogens is 273 g/mol. The Morgan fingerprint density at radius 1 is 1.35 bits per heavy atom. The van der Waals surface area contributed by atoms with Crippen LogP contribution in [-0.2, 0) is 12.6 Å². The summed E-state index contributed by atoms with van der Waals surface area (Å²) < 4.78 is 38.8. The molecule has 112 valence electrons. The Labute approximate surface area is 114 Å². The SMILES string of the molecule is CC(C)CC(N)Cc1ccc([N+](=O)[O-])cc1C(F)(F)F. The molecule has 0 amide bonds. The van der Waals surface area contributed by atoms with Crippen LogP contribution in [0.1, 0.15) is 31.4 Å². The quantitative estimate of drug-likeness (QED) is 0.666. The topological polar surface area (TPSA) is 69.2 Å². The van der Waals surface area contributed by atoms with Crippen LogP contribution in [0, 0.1) is 16.0 Å². The van der Waals surface area contributed by atoms with E-state index in [9.17, 15) is 23.3 Å². The Morgan fingerprint density at radius 3 is 2.40 bits per heavy atom. The van der Waals surface area contributed by atoms with Gasteiger partial charge in [-0.3, -0.25) is 10.1 Å². The summed E-state index contributed by atoms with van der Waals surface area (Å²) in [4.78, 5) is 9.73. The highest BCUT2D eigenvalue weighted by atomic mass is 19.4. The van der Waals surface area contributed by atoms with E-state index >= 15 is 0 Å². The van der Waals surface area contributed by atoms with Crippen LogP contribution in [0.4, 0.5) is 18.9 Å². The molecule has 1 aromatic rings. The number of nitro benzene ring substituents is 1. The minimum absolute atomic E-state index is 0.00347. The fourth-order valence-corrected chi connectivity index (χ4v) is 2.09. The van der Waals surface area contributed by atoms with E-state index in [-0.39, 0.29) is 17.9 Å². The lowest BCUT2D eigenvalue weighted by Crippen LogP contribution is -2.26. The molecule has 4 nitrogen and oxygen atoms in total. The molecule has 0 aromatic heterocycles. The average molecular weight is 290 g/mol. The van der Waals surface area contributed by atoms with Crippen molar-refractivity contribution in [3.8, 4) is 0 Å². The second-order valence-corrected chi connectivity index (χ2v) is 5.19. The highest BCUT2D eigenvalue weighted by molar-refractivity contribution is 5.41. The monoisotopic (exact) mass is 290 g/mol. The predicted octanol–water partition coefficient (Wildman–Crippen LogP) is 3.53. The van der Waals surface area contributed by atoms with E-state index in [1.807, 2.05) is 13.8 Å². The van der Waals surface area contributed by atoms with Crippen molar-refractivity contribution in [3.63, 3.8) is 0 Å². The van der Waals surface area contributed by atoms with Crippen LogP contribution in [0.15, 0.2) is 18.2 Å². The number of nitro groups is 1. The van der Waals surface area contributed by atoms with Crippen LogP contribution in [0.3, 0.4) is 0 Å². The van der Waals surface area contributed by atoms with Crippen LogP contribution in [0.5, 0.6) is 0 Å². The van der Waals surface area contributed by atoms with Crippen LogP contribution < -0.4 is 5.73 Å². The first-order valence-corrected chi connectivity index (χ1v) is 6.21. The zero-order valence-corrected chi connectivity index (χ0v) is 11.3. The Kier molecular flexibility index (Phi) is 5.10. The normalized spacial score (nSPS) is 13.6. The van der Waals surface area contributed by atoms with Crippen molar-refractivity contribution in [2.45, 2.75) is 38.9 Å². The summed E-state index contributed by atoms with van der Waals surface area (Å²) >= 11 is 0. The molecule has 0 saturated carbocycles. The smallest absolute Gasteiger partial charge is 0.327 e. The Morgan fingerprint density at radius 2 is 1.95 bits per heavy atom. The number of rotatable bonds is 5. The van der Waals surface area contributed by atoms with Crippen molar-refractivity contribution < 1.29 is 18.1 Å². The molecule has 0 aliphatic heterocycles. The van der Waals surface area contributed by atoms with E-state index < -0.39 is 28.4 Å². The van der Waals surface area contributed by atoms with Gasteiger partial charge in [-0.1, -0.05) is 19.9 Å². The molecule has 0 aliphatic rings. The van der Waals surface area contributed by atoms with Crippen molar-refractivity contribution in [1.82, 2.24) is 0 Å². The van der Waals surface area contributed by atoms with E-state index in [1.54, 1.807) is 0 Å². The summed E-state index contributed by atoms with van der Waals surface area (Å²) in [5, 5.41) is 10.6. The van der Waals surface area contributed by atoms with Gasteiger partial charge in [-0.2, -0.15) is 13.2 Å². The second kappa shape index (κ2) is 6.21. The van der Waals surface area contributed by atoms with Crippen molar-refractivity contribution in [1.29, 1.82) is 0 Å². The predicted molar refractivity (Wildman–Crippen MR) is 69.2 cm³/mol. The van der Waals surface area contributed by atoms with Gasteiger partial charge >= 0.3 is 6.18 Å². The fourth-order valence-electron chi connectivity index (χ4n) is 2.09. The number of non-ortho nitro benzene ring substituents is 1. The van der Waals surface area contributed by atoms with E-state index in [4.69, 9.17) is 5.73 Å². The summed E-state index contributed by atoms with van der Waals surface area (Å²) in [6.07, 6.45) is -3.99. The highest BCUT2D eigenvalue weighted by Gasteiger charge is 2.35. The molecule has 0 saturated heterocycles. The van der Waals surface area contributed by atoms with Gasteiger partial charge in [0.05, 0.1) is 10.5 Å².